The Morgan fingerprint density at radius 2 is 1.12 bits per heavy atom. The molecule has 12 rings (SSSR count). The Hall–Kier alpha value is -7.92. The minimum absolute atomic E-state index is 0.00700. The third-order valence-corrected chi connectivity index (χ3v) is 13.1. The summed E-state index contributed by atoms with van der Waals surface area (Å²) in [5.41, 5.74) is 18.8. The molecule has 8 aromatic carbocycles. The molecule has 0 amide bonds. The highest BCUT2D eigenvalue weighted by molar-refractivity contribution is 6.13. The Morgan fingerprint density at radius 3 is 1.92 bits per heavy atom. The van der Waals surface area contributed by atoms with Crippen molar-refractivity contribution in [2.24, 2.45) is 5.92 Å². The Bertz CT molecular complexity index is 3270. The molecule has 0 fully saturated rings. The Kier molecular flexibility index (Phi) is 9.50. The second-order valence-electron chi connectivity index (χ2n) is 17.0. The highest BCUT2D eigenvalue weighted by atomic mass is 15.2. The molecule has 0 radical (unpaired) electrons. The van der Waals surface area contributed by atoms with E-state index in [0.717, 1.165) is 40.4 Å². The SMILES string of the molecule is C1=CC[C@@H](C2C=C(c3cccc(-c4cccc(N5c6ccccc6-c6c(n(-c7ccc(-c8ccccc8)cc7)c7ccccc67)-c6ccccc65)c4)c3)NC(c3ccccc3)N2)C=C1. The fraction of sp³-hybridized carbons (Fsp3) is 0.0667. The van der Waals surface area contributed by atoms with Crippen LogP contribution in [-0.4, -0.2) is 10.6 Å². The van der Waals surface area contributed by atoms with E-state index in [4.69, 9.17) is 0 Å². The quantitative estimate of drug-likeness (QED) is 0.168. The van der Waals surface area contributed by atoms with Crippen LogP contribution in [0.5, 0.6) is 0 Å². The van der Waals surface area contributed by atoms with Crippen LogP contribution in [0.25, 0.3) is 66.9 Å². The molecule has 0 spiro atoms. The zero-order valence-corrected chi connectivity index (χ0v) is 35.4. The monoisotopic (exact) mass is 822 g/mol. The third kappa shape index (κ3) is 6.68. The van der Waals surface area contributed by atoms with Crippen LogP contribution in [0, 0.1) is 5.92 Å². The molecule has 3 atom stereocenters. The lowest BCUT2D eigenvalue weighted by Gasteiger charge is -2.36. The predicted molar refractivity (Wildman–Crippen MR) is 267 cm³/mol. The van der Waals surface area contributed by atoms with Gasteiger partial charge in [-0.05, 0) is 100 Å². The molecule has 9 aromatic rings. The molecule has 2 aliphatic heterocycles. The van der Waals surface area contributed by atoms with E-state index in [-0.39, 0.29) is 12.2 Å². The lowest BCUT2D eigenvalue weighted by molar-refractivity contribution is 0.377. The lowest BCUT2D eigenvalue weighted by atomic mass is 9.89. The van der Waals surface area contributed by atoms with Crippen molar-refractivity contribution in [3.05, 3.63) is 248 Å². The minimum atomic E-state index is -0.00700. The summed E-state index contributed by atoms with van der Waals surface area (Å²) in [6, 6.07) is 75.3. The number of hydrogen-bond donors (Lipinski definition) is 2. The van der Waals surface area contributed by atoms with Crippen molar-refractivity contribution in [1.29, 1.82) is 0 Å². The summed E-state index contributed by atoms with van der Waals surface area (Å²) < 4.78 is 2.47. The average molecular weight is 823 g/mol. The van der Waals surface area contributed by atoms with E-state index in [0.29, 0.717) is 5.92 Å². The van der Waals surface area contributed by atoms with Gasteiger partial charge in [-0.2, -0.15) is 0 Å². The second-order valence-corrected chi connectivity index (χ2v) is 17.0. The van der Waals surface area contributed by atoms with Crippen LogP contribution in [0.4, 0.5) is 17.1 Å². The maximum absolute atomic E-state index is 3.91. The van der Waals surface area contributed by atoms with Crippen LogP contribution in [0.15, 0.2) is 237 Å². The number of nitrogens with zero attached hydrogens (tertiary/aromatic N) is 2. The van der Waals surface area contributed by atoms with E-state index < -0.39 is 0 Å². The molecule has 4 heteroatoms. The molecule has 0 saturated heterocycles. The highest BCUT2D eigenvalue weighted by Gasteiger charge is 2.32. The molecule has 0 saturated carbocycles. The van der Waals surface area contributed by atoms with Gasteiger partial charge in [0.1, 0.15) is 6.17 Å². The van der Waals surface area contributed by atoms with Crippen LogP contribution in [0.2, 0.25) is 0 Å². The molecule has 2 N–H and O–H groups in total. The van der Waals surface area contributed by atoms with Crippen LogP contribution < -0.4 is 15.5 Å². The van der Waals surface area contributed by atoms with E-state index in [1.165, 1.54) is 61.1 Å². The zero-order valence-electron chi connectivity index (χ0n) is 35.4. The van der Waals surface area contributed by atoms with Crippen LogP contribution in [0.3, 0.4) is 0 Å². The van der Waals surface area contributed by atoms with Crippen molar-refractivity contribution in [2.75, 3.05) is 4.90 Å². The summed E-state index contributed by atoms with van der Waals surface area (Å²) in [5, 5.41) is 9.00. The van der Waals surface area contributed by atoms with Gasteiger partial charge in [0.2, 0.25) is 0 Å². The highest BCUT2D eigenvalue weighted by Crippen LogP contribution is 2.54. The van der Waals surface area contributed by atoms with Gasteiger partial charge in [-0.1, -0.05) is 182 Å². The Labute approximate surface area is 374 Å². The summed E-state index contributed by atoms with van der Waals surface area (Å²) in [4.78, 5) is 2.47. The van der Waals surface area contributed by atoms with Crippen molar-refractivity contribution in [2.45, 2.75) is 18.6 Å². The number of rotatable bonds is 7. The van der Waals surface area contributed by atoms with Gasteiger partial charge in [-0.25, -0.2) is 0 Å². The Morgan fingerprint density at radius 1 is 0.484 bits per heavy atom. The van der Waals surface area contributed by atoms with Gasteiger partial charge in [0.05, 0.1) is 22.6 Å². The first kappa shape index (κ1) is 37.8. The summed E-state index contributed by atoms with van der Waals surface area (Å²) >= 11 is 0. The van der Waals surface area contributed by atoms with E-state index in [9.17, 15) is 0 Å². The summed E-state index contributed by atoms with van der Waals surface area (Å²) in [7, 11) is 0. The topological polar surface area (TPSA) is 32.2 Å². The molecule has 306 valence electrons. The summed E-state index contributed by atoms with van der Waals surface area (Å²) in [5.74, 6) is 0.379. The number of allylic oxidation sites excluding steroid dienone is 3. The van der Waals surface area contributed by atoms with E-state index in [1.807, 2.05) is 0 Å². The number of benzene rings is 8. The number of nitrogens with one attached hydrogen (secondary N) is 2. The average Bonchev–Trinajstić information content (AvgIpc) is 3.66. The number of fused-ring (bicyclic) bond motifs is 7. The first-order valence-electron chi connectivity index (χ1n) is 22.4. The molecule has 1 aromatic heterocycles. The molecule has 0 bridgehead atoms. The van der Waals surface area contributed by atoms with E-state index >= 15 is 0 Å². The van der Waals surface area contributed by atoms with Gasteiger partial charge < -0.3 is 14.8 Å². The largest absolute Gasteiger partial charge is 0.366 e. The smallest absolute Gasteiger partial charge is 0.104 e. The summed E-state index contributed by atoms with van der Waals surface area (Å²) in [6.07, 6.45) is 12.3. The van der Waals surface area contributed by atoms with Crippen LogP contribution in [0.1, 0.15) is 23.7 Å². The second kappa shape index (κ2) is 16.1. The van der Waals surface area contributed by atoms with Crippen molar-refractivity contribution in [3.63, 3.8) is 0 Å². The van der Waals surface area contributed by atoms with Crippen molar-refractivity contribution < 1.29 is 0 Å². The fourth-order valence-electron chi connectivity index (χ4n) is 10.1. The lowest BCUT2D eigenvalue weighted by Crippen LogP contribution is -2.46. The van der Waals surface area contributed by atoms with Gasteiger partial charge in [0.15, 0.2) is 0 Å². The zero-order chi connectivity index (χ0) is 42.4. The number of anilines is 3. The molecule has 2 unspecified atom stereocenters. The van der Waals surface area contributed by atoms with Gasteiger partial charge in [-0.3, -0.25) is 5.32 Å². The van der Waals surface area contributed by atoms with Gasteiger partial charge in [0, 0.05) is 45.2 Å². The van der Waals surface area contributed by atoms with Crippen molar-refractivity contribution in [1.82, 2.24) is 15.2 Å². The molecular weight excluding hydrogens is 777 g/mol. The summed E-state index contributed by atoms with van der Waals surface area (Å²) in [6.45, 7) is 0. The van der Waals surface area contributed by atoms with Crippen LogP contribution in [-0.2, 0) is 0 Å². The van der Waals surface area contributed by atoms with Gasteiger partial charge in [-0.15, -0.1) is 0 Å². The standard InChI is InChI=1S/C60H46N4/c1-4-18-41(19-5-1)42-34-36-48(37-35-42)64-56-32-14-11-29-51(56)58-50-28-10-13-31-55(50)63(57-33-15-12-30-52(57)59(58)64)49-27-17-25-46(39-49)45-24-16-26-47(38-45)54-40-53(43-20-6-2-7-21-43)61-60(62-54)44-22-8-3-9-23-44/h1-20,22-40,43,53,60-62H,21H2/t43-,53?,60?/m0/s1. The normalized spacial score (nSPS) is 17.5. The number of aromatic nitrogens is 1. The number of para-hydroxylation sites is 3. The maximum Gasteiger partial charge on any atom is 0.104 e. The first-order valence-corrected chi connectivity index (χ1v) is 22.4. The van der Waals surface area contributed by atoms with Crippen LogP contribution >= 0.6 is 0 Å². The van der Waals surface area contributed by atoms with Crippen molar-refractivity contribution >= 4 is 33.7 Å². The number of hydrogen-bond acceptors (Lipinski definition) is 3. The van der Waals surface area contributed by atoms with Gasteiger partial charge >= 0.3 is 0 Å². The van der Waals surface area contributed by atoms with Gasteiger partial charge in [0.25, 0.3) is 0 Å². The molecule has 4 nitrogen and oxygen atoms in total. The Balaban J connectivity index is 0.968. The minimum Gasteiger partial charge on any atom is -0.366 e. The van der Waals surface area contributed by atoms with Crippen molar-refractivity contribution in [3.8, 4) is 50.3 Å². The van der Waals surface area contributed by atoms with E-state index in [2.05, 4.69) is 257 Å². The molecule has 1 aliphatic carbocycles. The predicted octanol–water partition coefficient (Wildman–Crippen LogP) is 14.8. The molecule has 3 heterocycles. The third-order valence-electron chi connectivity index (χ3n) is 13.1. The first-order chi connectivity index (χ1) is 31.7. The van der Waals surface area contributed by atoms with E-state index in [1.54, 1.807) is 0 Å². The molecular formula is C60H46N4. The molecule has 3 aliphatic rings. The maximum atomic E-state index is 3.91. The fourth-order valence-corrected chi connectivity index (χ4v) is 10.1. The molecule has 64 heavy (non-hydrogen) atoms.